The predicted octanol–water partition coefficient (Wildman–Crippen LogP) is 3.42. The van der Waals surface area contributed by atoms with E-state index in [1.807, 2.05) is 17.1 Å². The van der Waals surface area contributed by atoms with Crippen LogP contribution in [-0.4, -0.2) is 41.1 Å². The number of carbonyl (C=O) groups is 1. The molecule has 5 heteroatoms. The maximum atomic E-state index is 10.5. The zero-order valence-electron chi connectivity index (χ0n) is 11.6. The molecule has 0 aliphatic rings. The third kappa shape index (κ3) is 5.80. The van der Waals surface area contributed by atoms with Gasteiger partial charge in [-0.25, -0.2) is 4.79 Å². The van der Waals surface area contributed by atoms with Crippen LogP contribution in [0.3, 0.4) is 0 Å². The van der Waals surface area contributed by atoms with E-state index in [0.717, 1.165) is 24.3 Å². The fourth-order valence-electron chi connectivity index (χ4n) is 1.86. The summed E-state index contributed by atoms with van der Waals surface area (Å²) in [5.74, 6) is 0.236. The molecule has 1 atom stereocenters. The topological polar surface area (TPSA) is 40.5 Å². The third-order valence-electron chi connectivity index (χ3n) is 2.95. The van der Waals surface area contributed by atoms with Crippen molar-refractivity contribution in [3.8, 4) is 0 Å². The molecule has 0 amide bonds. The summed E-state index contributed by atoms with van der Waals surface area (Å²) >= 11 is 3.56. The maximum Gasteiger partial charge on any atom is 0.328 e. The van der Waals surface area contributed by atoms with Crippen LogP contribution >= 0.6 is 23.1 Å². The monoisotopic (exact) mass is 299 g/mol. The number of carboxylic acid groups (broad SMARTS) is 1. The highest BCUT2D eigenvalue weighted by molar-refractivity contribution is 7.98. The van der Waals surface area contributed by atoms with Gasteiger partial charge in [0, 0.05) is 29.3 Å². The Morgan fingerprint density at radius 3 is 2.95 bits per heavy atom. The van der Waals surface area contributed by atoms with Crippen molar-refractivity contribution in [2.45, 2.75) is 25.9 Å². The first-order valence-corrected chi connectivity index (χ1v) is 8.51. The van der Waals surface area contributed by atoms with Crippen LogP contribution in [0.1, 0.15) is 23.8 Å². The van der Waals surface area contributed by atoms with Gasteiger partial charge in [0.25, 0.3) is 0 Å². The Bertz CT molecular complexity index is 429. The van der Waals surface area contributed by atoms with Gasteiger partial charge in [-0.05, 0) is 42.8 Å². The first-order valence-electron chi connectivity index (χ1n) is 6.24. The molecule has 106 valence electrons. The number of hydrogen-bond donors (Lipinski definition) is 1. The van der Waals surface area contributed by atoms with Gasteiger partial charge in [0.05, 0.1) is 0 Å². The molecule has 0 saturated carbocycles. The van der Waals surface area contributed by atoms with Gasteiger partial charge in [0.15, 0.2) is 0 Å². The summed E-state index contributed by atoms with van der Waals surface area (Å²) in [4.78, 5) is 14.1. The molecular formula is C14H21NO2S2. The molecule has 0 aromatic carbocycles. The highest BCUT2D eigenvalue weighted by Gasteiger charge is 2.13. The van der Waals surface area contributed by atoms with E-state index >= 15 is 0 Å². The quantitative estimate of drug-likeness (QED) is 0.747. The number of carboxylic acids is 1. The SMILES string of the molecule is CCC(CSC)N(C)Cc1cc(/C=C/C(=O)O)cs1. The fraction of sp³-hybridized carbons (Fsp3) is 0.500. The molecule has 19 heavy (non-hydrogen) atoms. The Hall–Kier alpha value is -0.780. The van der Waals surface area contributed by atoms with Gasteiger partial charge in [-0.1, -0.05) is 6.92 Å². The van der Waals surface area contributed by atoms with Crippen molar-refractivity contribution in [2.75, 3.05) is 19.1 Å². The summed E-state index contributed by atoms with van der Waals surface area (Å²) in [6.07, 6.45) is 6.10. The van der Waals surface area contributed by atoms with Crippen LogP contribution in [0.4, 0.5) is 0 Å². The molecule has 0 radical (unpaired) electrons. The van der Waals surface area contributed by atoms with Gasteiger partial charge in [0.1, 0.15) is 0 Å². The van der Waals surface area contributed by atoms with E-state index in [-0.39, 0.29) is 0 Å². The smallest absolute Gasteiger partial charge is 0.328 e. The molecule has 1 rings (SSSR count). The summed E-state index contributed by atoms with van der Waals surface area (Å²) in [6, 6.07) is 2.65. The minimum Gasteiger partial charge on any atom is -0.478 e. The van der Waals surface area contributed by atoms with Crippen LogP contribution in [-0.2, 0) is 11.3 Å². The highest BCUT2D eigenvalue weighted by atomic mass is 32.2. The lowest BCUT2D eigenvalue weighted by Gasteiger charge is -2.25. The zero-order valence-corrected chi connectivity index (χ0v) is 13.3. The summed E-state index contributed by atoms with van der Waals surface area (Å²) < 4.78 is 0. The van der Waals surface area contributed by atoms with Crippen molar-refractivity contribution in [2.24, 2.45) is 0 Å². The number of thioether (sulfide) groups is 1. The van der Waals surface area contributed by atoms with E-state index in [0.29, 0.717) is 6.04 Å². The predicted molar refractivity (Wildman–Crippen MR) is 84.9 cm³/mol. The van der Waals surface area contributed by atoms with Crippen molar-refractivity contribution in [3.63, 3.8) is 0 Å². The van der Waals surface area contributed by atoms with Crippen LogP contribution in [0.2, 0.25) is 0 Å². The van der Waals surface area contributed by atoms with Crippen LogP contribution in [0.25, 0.3) is 6.08 Å². The molecule has 0 aliphatic carbocycles. The summed E-state index contributed by atoms with van der Waals surface area (Å²) in [5, 5.41) is 10.6. The Kier molecular flexibility index (Phi) is 7.20. The molecule has 1 aromatic heterocycles. The van der Waals surface area contributed by atoms with Gasteiger partial charge in [-0.15, -0.1) is 11.3 Å². The molecule has 0 fully saturated rings. The third-order valence-corrected chi connectivity index (χ3v) is 4.61. The van der Waals surface area contributed by atoms with Crippen LogP contribution < -0.4 is 0 Å². The summed E-state index contributed by atoms with van der Waals surface area (Å²) in [5.41, 5.74) is 0.966. The standard InChI is InChI=1S/C14H21NO2S2/c1-4-12(10-18-3)15(2)8-13-7-11(9-19-13)5-6-14(16)17/h5-7,9,12H,4,8,10H2,1-3H3,(H,16,17)/b6-5+. The average Bonchev–Trinajstić information content (AvgIpc) is 2.81. The average molecular weight is 299 g/mol. The first-order chi connectivity index (χ1) is 9.06. The van der Waals surface area contributed by atoms with E-state index in [2.05, 4.69) is 31.2 Å². The van der Waals surface area contributed by atoms with Gasteiger partial charge in [0.2, 0.25) is 0 Å². The normalized spacial score (nSPS) is 13.3. The Morgan fingerprint density at radius 2 is 2.37 bits per heavy atom. The fourth-order valence-corrected chi connectivity index (χ4v) is 3.65. The molecule has 0 bridgehead atoms. The second kappa shape index (κ2) is 8.40. The molecular weight excluding hydrogens is 278 g/mol. The highest BCUT2D eigenvalue weighted by Crippen LogP contribution is 2.19. The second-order valence-electron chi connectivity index (χ2n) is 4.45. The number of hydrogen-bond acceptors (Lipinski definition) is 4. The lowest BCUT2D eigenvalue weighted by atomic mass is 10.2. The maximum absolute atomic E-state index is 10.5. The van der Waals surface area contributed by atoms with Crippen molar-refractivity contribution in [1.82, 2.24) is 4.90 Å². The Morgan fingerprint density at radius 1 is 1.63 bits per heavy atom. The number of nitrogens with zero attached hydrogens (tertiary/aromatic N) is 1. The lowest BCUT2D eigenvalue weighted by Crippen LogP contribution is -2.32. The van der Waals surface area contributed by atoms with Crippen LogP contribution in [0.5, 0.6) is 0 Å². The molecule has 1 heterocycles. The number of thiophene rings is 1. The summed E-state index contributed by atoms with van der Waals surface area (Å²) in [7, 11) is 2.15. The number of aliphatic carboxylic acids is 1. The first kappa shape index (κ1) is 16.3. The lowest BCUT2D eigenvalue weighted by molar-refractivity contribution is -0.131. The van der Waals surface area contributed by atoms with E-state index in [9.17, 15) is 4.79 Å². The second-order valence-corrected chi connectivity index (χ2v) is 6.36. The van der Waals surface area contributed by atoms with E-state index in [1.165, 1.54) is 11.0 Å². The molecule has 3 nitrogen and oxygen atoms in total. The minimum absolute atomic E-state index is 0.593. The Balaban J connectivity index is 2.59. The molecule has 0 aliphatic heterocycles. The molecule has 1 N–H and O–H groups in total. The van der Waals surface area contributed by atoms with Crippen molar-refractivity contribution >= 4 is 35.1 Å². The van der Waals surface area contributed by atoms with Crippen molar-refractivity contribution in [3.05, 3.63) is 28.0 Å². The van der Waals surface area contributed by atoms with Gasteiger partial charge < -0.3 is 5.11 Å². The number of rotatable bonds is 8. The zero-order chi connectivity index (χ0) is 14.3. The van der Waals surface area contributed by atoms with Crippen molar-refractivity contribution in [1.29, 1.82) is 0 Å². The largest absolute Gasteiger partial charge is 0.478 e. The van der Waals surface area contributed by atoms with Gasteiger partial charge in [-0.3, -0.25) is 4.90 Å². The van der Waals surface area contributed by atoms with Gasteiger partial charge >= 0.3 is 5.97 Å². The Labute approximate surface area is 123 Å². The van der Waals surface area contributed by atoms with Crippen LogP contribution in [0.15, 0.2) is 17.5 Å². The molecule has 0 saturated heterocycles. The van der Waals surface area contributed by atoms with Gasteiger partial charge in [-0.2, -0.15) is 11.8 Å². The van der Waals surface area contributed by atoms with Crippen LogP contribution in [0, 0.1) is 0 Å². The minimum atomic E-state index is -0.907. The summed E-state index contributed by atoms with van der Waals surface area (Å²) in [6.45, 7) is 3.14. The molecule has 0 spiro atoms. The van der Waals surface area contributed by atoms with E-state index < -0.39 is 5.97 Å². The van der Waals surface area contributed by atoms with E-state index in [4.69, 9.17) is 5.11 Å². The molecule has 1 unspecified atom stereocenters. The van der Waals surface area contributed by atoms with Crippen molar-refractivity contribution < 1.29 is 9.90 Å². The molecule has 1 aromatic rings. The van der Waals surface area contributed by atoms with E-state index in [1.54, 1.807) is 17.4 Å².